The van der Waals surface area contributed by atoms with E-state index in [-0.39, 0.29) is 41.8 Å². The molecule has 15 heteroatoms. The van der Waals surface area contributed by atoms with Gasteiger partial charge in [-0.1, -0.05) is 16.8 Å². The first kappa shape index (κ1) is 23.8. The third-order valence-electron chi connectivity index (χ3n) is 5.71. The molecule has 34 heavy (non-hydrogen) atoms. The summed E-state index contributed by atoms with van der Waals surface area (Å²) < 4.78 is 36.8. The molecule has 1 aromatic heterocycles. The first-order chi connectivity index (χ1) is 16.0. The van der Waals surface area contributed by atoms with Gasteiger partial charge in [0.15, 0.2) is 11.5 Å². The Bertz CT molecular complexity index is 1280. The summed E-state index contributed by atoms with van der Waals surface area (Å²) in [5, 5.41) is 25.3. The average molecular weight is 515 g/mol. The van der Waals surface area contributed by atoms with Gasteiger partial charge in [0.05, 0.1) is 28.7 Å². The molecule has 0 spiro atoms. The molecule has 4 rings (SSSR count). The predicted octanol–water partition coefficient (Wildman–Crippen LogP) is 0.502. The lowest BCUT2D eigenvalue weighted by Crippen LogP contribution is -2.59. The van der Waals surface area contributed by atoms with E-state index in [9.17, 15) is 33.0 Å². The van der Waals surface area contributed by atoms with Gasteiger partial charge in [0.1, 0.15) is 0 Å². The summed E-state index contributed by atoms with van der Waals surface area (Å²) in [6.07, 6.45) is 0.380. The Kier molecular flexibility index (Phi) is 6.14. The van der Waals surface area contributed by atoms with Crippen molar-refractivity contribution in [2.24, 2.45) is 0 Å². The number of hydrogen-bond acceptors (Lipinski definition) is 9. The van der Waals surface area contributed by atoms with Crippen molar-refractivity contribution in [3.8, 4) is 11.5 Å². The van der Waals surface area contributed by atoms with E-state index in [0.717, 1.165) is 0 Å². The van der Waals surface area contributed by atoms with Crippen molar-refractivity contribution in [2.75, 3.05) is 19.6 Å². The maximum atomic E-state index is 12.8. The minimum Gasteiger partial charge on any atom is -0.504 e. The molecule has 2 aromatic rings. The van der Waals surface area contributed by atoms with Crippen LogP contribution in [-0.4, -0.2) is 80.9 Å². The monoisotopic (exact) mass is 514 g/mol. The molecule has 0 bridgehead atoms. The Labute approximate surface area is 197 Å². The molecule has 2 atom stereocenters. The number of nitrogens with zero attached hydrogens (tertiary/aromatic N) is 3. The van der Waals surface area contributed by atoms with E-state index in [2.05, 4.69) is 10.5 Å². The number of β-lactam (4-membered cyclic amide) rings is 1. The second kappa shape index (κ2) is 8.77. The van der Waals surface area contributed by atoms with Gasteiger partial charge < -0.3 is 25.0 Å². The van der Waals surface area contributed by atoms with Crippen LogP contribution in [0.4, 0.5) is 0 Å². The average Bonchev–Trinajstić information content (AvgIpc) is 3.42. The van der Waals surface area contributed by atoms with Crippen molar-refractivity contribution < 1.29 is 42.1 Å². The van der Waals surface area contributed by atoms with Gasteiger partial charge in [0.25, 0.3) is 11.8 Å². The number of nitrogens with one attached hydrogen (secondary N) is 1. The molecule has 2 aliphatic rings. The molecule has 0 unspecified atom stereocenters. The van der Waals surface area contributed by atoms with Crippen LogP contribution in [0.2, 0.25) is 5.02 Å². The van der Waals surface area contributed by atoms with Crippen molar-refractivity contribution in [1.29, 1.82) is 0 Å². The zero-order valence-corrected chi connectivity index (χ0v) is 18.9. The van der Waals surface area contributed by atoms with Gasteiger partial charge in [0.2, 0.25) is 11.7 Å². The highest BCUT2D eigenvalue weighted by atomic mass is 35.5. The number of carbonyl (C=O) groups excluding carboxylic acids is 3. The van der Waals surface area contributed by atoms with Crippen LogP contribution in [0.3, 0.4) is 0 Å². The maximum Gasteiger partial charge on any atom is 0.362 e. The van der Waals surface area contributed by atoms with Gasteiger partial charge in [-0.3, -0.25) is 18.9 Å². The zero-order chi connectivity index (χ0) is 24.8. The smallest absolute Gasteiger partial charge is 0.362 e. The number of aromatic hydroxyl groups is 2. The number of benzene rings is 1. The molecule has 2 aliphatic heterocycles. The molecular formula is C19H19ClN4O9S. The Hall–Kier alpha value is -3.36. The second-order valence-corrected chi connectivity index (χ2v) is 9.55. The summed E-state index contributed by atoms with van der Waals surface area (Å²) in [7, 11) is -4.69. The molecule has 4 N–H and O–H groups in total. The fourth-order valence-electron chi connectivity index (χ4n) is 3.90. The summed E-state index contributed by atoms with van der Waals surface area (Å²) in [6.45, 7) is 0.390. The molecule has 0 radical (unpaired) electrons. The van der Waals surface area contributed by atoms with E-state index in [4.69, 9.17) is 20.7 Å². The van der Waals surface area contributed by atoms with E-state index in [1.54, 1.807) is 0 Å². The molecule has 182 valence electrons. The molecule has 3 amide bonds. The summed E-state index contributed by atoms with van der Waals surface area (Å²) in [5.41, 5.74) is 0.463. The van der Waals surface area contributed by atoms with Gasteiger partial charge in [-0.05, 0) is 18.6 Å². The van der Waals surface area contributed by atoms with Crippen molar-refractivity contribution in [1.82, 2.24) is 19.7 Å². The highest BCUT2D eigenvalue weighted by Gasteiger charge is 2.44. The van der Waals surface area contributed by atoms with E-state index in [0.29, 0.717) is 23.0 Å². The number of hydrogen-bond donors (Lipinski definition) is 4. The maximum absolute atomic E-state index is 12.8. The number of likely N-dealkylation sites (tertiary alicyclic amines) is 1. The molecule has 13 nitrogen and oxygen atoms in total. The van der Waals surface area contributed by atoms with Gasteiger partial charge in [-0.2, -0.15) is 8.42 Å². The highest BCUT2D eigenvalue weighted by molar-refractivity contribution is 7.84. The van der Waals surface area contributed by atoms with Crippen LogP contribution in [0, 0.1) is 0 Å². The zero-order valence-electron chi connectivity index (χ0n) is 17.3. The fourth-order valence-corrected chi connectivity index (χ4v) is 5.00. The number of amides is 3. The van der Waals surface area contributed by atoms with Crippen LogP contribution in [-0.2, 0) is 15.1 Å². The van der Waals surface area contributed by atoms with Crippen molar-refractivity contribution in [2.45, 2.75) is 24.8 Å². The number of rotatable bonds is 6. The standard InChI is InChI=1S/C19H19ClN4O9S/c20-16-11(1-2-13(25)17(16)27)19(29)23-4-3-9(8-23)12-6-14(33-22-12)18(28)21-7-10-5-15(26)24(10)34(30,31)32/h1-2,6,9-10,25,27H,3-5,7-8H2,(H,21,28)(H,30,31,32)/t9-,10-/m1/s1. The first-order valence-electron chi connectivity index (χ1n) is 10.0. The third-order valence-corrected chi connectivity index (χ3v) is 7.09. The Balaban J connectivity index is 1.36. The molecule has 0 aliphatic carbocycles. The molecule has 2 saturated heterocycles. The van der Waals surface area contributed by atoms with Crippen LogP contribution < -0.4 is 5.32 Å². The van der Waals surface area contributed by atoms with Crippen LogP contribution in [0.1, 0.15) is 45.4 Å². The lowest BCUT2D eigenvalue weighted by Gasteiger charge is -2.36. The van der Waals surface area contributed by atoms with Crippen LogP contribution >= 0.6 is 11.6 Å². The van der Waals surface area contributed by atoms with E-state index >= 15 is 0 Å². The van der Waals surface area contributed by atoms with Gasteiger partial charge in [0, 0.05) is 31.6 Å². The second-order valence-electron chi connectivity index (χ2n) is 7.88. The lowest BCUT2D eigenvalue weighted by atomic mass is 10.0. The molecule has 3 heterocycles. The van der Waals surface area contributed by atoms with Gasteiger partial charge in [-0.15, -0.1) is 0 Å². The third kappa shape index (κ3) is 4.38. The minimum atomic E-state index is -4.69. The van der Waals surface area contributed by atoms with Gasteiger partial charge in [-0.25, -0.2) is 4.31 Å². The summed E-state index contributed by atoms with van der Waals surface area (Å²) >= 11 is 5.97. The lowest BCUT2D eigenvalue weighted by molar-refractivity contribution is -0.137. The molecule has 1 aromatic carbocycles. The largest absolute Gasteiger partial charge is 0.504 e. The van der Waals surface area contributed by atoms with Crippen molar-refractivity contribution in [3.63, 3.8) is 0 Å². The topological polar surface area (TPSA) is 191 Å². The predicted molar refractivity (Wildman–Crippen MR) is 114 cm³/mol. The van der Waals surface area contributed by atoms with Crippen LogP contribution in [0.25, 0.3) is 0 Å². The fraction of sp³-hybridized carbons (Fsp3) is 0.368. The normalized spacial score (nSPS) is 20.4. The van der Waals surface area contributed by atoms with Crippen LogP contribution in [0.5, 0.6) is 11.5 Å². The summed E-state index contributed by atoms with van der Waals surface area (Å²) in [6, 6.07) is 2.98. The summed E-state index contributed by atoms with van der Waals surface area (Å²) in [4.78, 5) is 38.0. The Morgan fingerprint density at radius 2 is 2.03 bits per heavy atom. The number of phenolic OH excluding ortho intramolecular Hbond substituents is 2. The number of halogens is 1. The Morgan fingerprint density at radius 3 is 2.71 bits per heavy atom. The first-order valence-corrected chi connectivity index (χ1v) is 11.8. The Morgan fingerprint density at radius 1 is 1.29 bits per heavy atom. The highest BCUT2D eigenvalue weighted by Crippen LogP contribution is 2.37. The quantitative estimate of drug-likeness (QED) is 0.240. The SMILES string of the molecule is O=C(NC[C@H]1CC(=O)N1S(=O)(=O)O)c1cc([C@@H]2CCN(C(=O)c3ccc(O)c(O)c3Cl)C2)no1. The van der Waals surface area contributed by atoms with E-state index < -0.39 is 45.6 Å². The van der Waals surface area contributed by atoms with Crippen molar-refractivity contribution in [3.05, 3.63) is 40.2 Å². The number of aromatic nitrogens is 1. The van der Waals surface area contributed by atoms with E-state index in [1.807, 2.05) is 0 Å². The minimum absolute atomic E-state index is 0.0336. The van der Waals surface area contributed by atoms with Crippen LogP contribution in [0.15, 0.2) is 22.7 Å². The number of phenols is 2. The number of carbonyl (C=O) groups is 3. The molecule has 0 saturated carbocycles. The molecule has 2 fully saturated rings. The molecular weight excluding hydrogens is 496 g/mol. The van der Waals surface area contributed by atoms with Crippen molar-refractivity contribution >= 4 is 39.6 Å². The van der Waals surface area contributed by atoms with Gasteiger partial charge >= 0.3 is 10.3 Å². The van der Waals surface area contributed by atoms with E-state index in [1.165, 1.54) is 23.1 Å². The summed E-state index contributed by atoms with van der Waals surface area (Å²) in [5.74, 6) is -3.31.